The molecule has 0 bridgehead atoms. The lowest BCUT2D eigenvalue weighted by atomic mass is 9.82. The van der Waals surface area contributed by atoms with E-state index in [2.05, 4.69) is 0 Å². The van der Waals surface area contributed by atoms with Crippen LogP contribution in [0.15, 0.2) is 0 Å². The highest BCUT2D eigenvalue weighted by Crippen LogP contribution is 2.48. The molecule has 1 saturated carbocycles. The van der Waals surface area contributed by atoms with Gasteiger partial charge in [-0.15, -0.1) is 0 Å². The van der Waals surface area contributed by atoms with Crippen LogP contribution in [0.25, 0.3) is 0 Å². The van der Waals surface area contributed by atoms with Crippen molar-refractivity contribution in [3.8, 4) is 0 Å². The molecule has 2 rings (SSSR count). The molecule has 0 aromatic carbocycles. The van der Waals surface area contributed by atoms with Gasteiger partial charge in [-0.05, 0) is 18.8 Å². The normalized spacial score (nSPS) is 34.5. The van der Waals surface area contributed by atoms with Gasteiger partial charge in [-0.2, -0.15) is 0 Å². The van der Waals surface area contributed by atoms with Gasteiger partial charge in [-0.25, -0.2) is 0 Å². The fourth-order valence-electron chi connectivity index (χ4n) is 3.14. The number of nitrogens with zero attached hydrogens (tertiary/aromatic N) is 1. The Balaban J connectivity index is 2.01. The molecule has 15 heavy (non-hydrogen) atoms. The zero-order chi connectivity index (χ0) is 10.9. The van der Waals surface area contributed by atoms with E-state index >= 15 is 0 Å². The third-order valence-corrected chi connectivity index (χ3v) is 4.07. The molecule has 4 heteroatoms. The van der Waals surface area contributed by atoms with Crippen molar-refractivity contribution < 1.29 is 9.90 Å². The summed E-state index contributed by atoms with van der Waals surface area (Å²) in [6.45, 7) is 2.22. The largest absolute Gasteiger partial charge is 0.396 e. The molecule has 1 saturated heterocycles. The van der Waals surface area contributed by atoms with Crippen LogP contribution in [0.2, 0.25) is 0 Å². The summed E-state index contributed by atoms with van der Waals surface area (Å²) in [6.07, 6.45) is 3.87. The fraction of sp³-hybridized carbons (Fsp3) is 0.909. The van der Waals surface area contributed by atoms with Crippen LogP contribution in [0.3, 0.4) is 0 Å². The highest BCUT2D eigenvalue weighted by molar-refractivity contribution is 5.76. The quantitative estimate of drug-likeness (QED) is 0.689. The van der Waals surface area contributed by atoms with Gasteiger partial charge in [0.2, 0.25) is 5.91 Å². The van der Waals surface area contributed by atoms with Gasteiger partial charge in [-0.1, -0.05) is 6.42 Å². The first-order valence-corrected chi connectivity index (χ1v) is 5.80. The molecule has 1 heterocycles. The maximum Gasteiger partial charge on any atom is 0.223 e. The van der Waals surface area contributed by atoms with Crippen LogP contribution < -0.4 is 5.73 Å². The fourth-order valence-corrected chi connectivity index (χ4v) is 3.14. The second-order valence-electron chi connectivity index (χ2n) is 4.92. The van der Waals surface area contributed by atoms with Gasteiger partial charge in [0.05, 0.1) is 6.61 Å². The minimum atomic E-state index is 0.0181. The van der Waals surface area contributed by atoms with Gasteiger partial charge in [0.25, 0.3) is 0 Å². The molecule has 0 spiro atoms. The highest BCUT2D eigenvalue weighted by atomic mass is 16.3. The van der Waals surface area contributed by atoms with E-state index in [1.807, 2.05) is 4.90 Å². The zero-order valence-corrected chi connectivity index (χ0v) is 9.11. The molecule has 0 radical (unpaired) electrons. The number of amides is 1. The van der Waals surface area contributed by atoms with Gasteiger partial charge in [0.15, 0.2) is 0 Å². The van der Waals surface area contributed by atoms with E-state index in [0.717, 1.165) is 25.9 Å². The summed E-state index contributed by atoms with van der Waals surface area (Å²) in [6, 6.07) is 0. The van der Waals surface area contributed by atoms with Crippen molar-refractivity contribution in [2.45, 2.75) is 25.7 Å². The van der Waals surface area contributed by atoms with Gasteiger partial charge in [0.1, 0.15) is 0 Å². The van der Waals surface area contributed by atoms with E-state index in [0.29, 0.717) is 18.9 Å². The summed E-state index contributed by atoms with van der Waals surface area (Å²) in [4.78, 5) is 13.6. The Hall–Kier alpha value is -0.610. The van der Waals surface area contributed by atoms with Crippen LogP contribution in [0.4, 0.5) is 0 Å². The number of aliphatic hydroxyl groups excluding tert-OH is 1. The van der Waals surface area contributed by atoms with Crippen molar-refractivity contribution >= 4 is 5.91 Å². The van der Waals surface area contributed by atoms with Crippen LogP contribution >= 0.6 is 0 Å². The Morgan fingerprint density at radius 1 is 1.60 bits per heavy atom. The molecule has 1 aliphatic carbocycles. The SMILES string of the molecule is NCCC(=O)N1CC2CCCC2(CO)C1. The summed E-state index contributed by atoms with van der Waals surface area (Å²) in [5.41, 5.74) is 5.40. The molecule has 86 valence electrons. The van der Waals surface area contributed by atoms with E-state index in [-0.39, 0.29) is 17.9 Å². The number of hydrogen-bond donors (Lipinski definition) is 2. The maximum atomic E-state index is 11.7. The Bertz CT molecular complexity index is 257. The molecule has 1 amide bonds. The standard InChI is InChI=1S/C11H20N2O2/c12-5-3-10(15)13-6-9-2-1-4-11(9,7-13)8-14/h9,14H,1-8,12H2. The van der Waals surface area contributed by atoms with Crippen molar-refractivity contribution in [2.24, 2.45) is 17.1 Å². The summed E-state index contributed by atoms with van der Waals surface area (Å²) < 4.78 is 0. The number of nitrogens with two attached hydrogens (primary N) is 1. The lowest BCUT2D eigenvalue weighted by Gasteiger charge is -2.25. The molecule has 4 nitrogen and oxygen atoms in total. The Kier molecular flexibility index (Phi) is 2.98. The minimum Gasteiger partial charge on any atom is -0.396 e. The average molecular weight is 212 g/mol. The Morgan fingerprint density at radius 2 is 2.40 bits per heavy atom. The highest BCUT2D eigenvalue weighted by Gasteiger charge is 2.49. The number of carbonyl (C=O) groups excluding carboxylic acids is 1. The summed E-state index contributed by atoms with van der Waals surface area (Å²) >= 11 is 0. The molecule has 2 aliphatic rings. The van der Waals surface area contributed by atoms with Gasteiger partial charge < -0.3 is 15.7 Å². The number of likely N-dealkylation sites (tertiary alicyclic amines) is 1. The minimum absolute atomic E-state index is 0.0181. The predicted molar refractivity (Wildman–Crippen MR) is 57.1 cm³/mol. The summed E-state index contributed by atoms with van der Waals surface area (Å²) in [5, 5.41) is 9.49. The lowest BCUT2D eigenvalue weighted by molar-refractivity contribution is -0.130. The van der Waals surface area contributed by atoms with Crippen LogP contribution in [-0.2, 0) is 4.79 Å². The summed E-state index contributed by atoms with van der Waals surface area (Å²) in [5.74, 6) is 0.670. The number of aliphatic hydroxyl groups is 1. The molecular formula is C11H20N2O2. The van der Waals surface area contributed by atoms with Gasteiger partial charge >= 0.3 is 0 Å². The van der Waals surface area contributed by atoms with Crippen LogP contribution in [0.1, 0.15) is 25.7 Å². The van der Waals surface area contributed by atoms with Crippen molar-refractivity contribution in [3.63, 3.8) is 0 Å². The smallest absolute Gasteiger partial charge is 0.223 e. The van der Waals surface area contributed by atoms with E-state index < -0.39 is 0 Å². The zero-order valence-electron chi connectivity index (χ0n) is 9.11. The Morgan fingerprint density at radius 3 is 3.00 bits per heavy atom. The lowest BCUT2D eigenvalue weighted by Crippen LogP contribution is -2.34. The van der Waals surface area contributed by atoms with Crippen molar-refractivity contribution in [1.29, 1.82) is 0 Å². The van der Waals surface area contributed by atoms with Crippen molar-refractivity contribution in [2.75, 3.05) is 26.2 Å². The molecule has 3 N–H and O–H groups in total. The molecule has 2 fully saturated rings. The molecule has 2 unspecified atom stereocenters. The maximum absolute atomic E-state index is 11.7. The molecule has 2 atom stereocenters. The second kappa shape index (κ2) is 4.10. The number of hydrogen-bond acceptors (Lipinski definition) is 3. The first-order valence-electron chi connectivity index (χ1n) is 5.80. The van der Waals surface area contributed by atoms with Gasteiger partial charge in [0, 0.05) is 31.5 Å². The van der Waals surface area contributed by atoms with Crippen LogP contribution in [0.5, 0.6) is 0 Å². The second-order valence-corrected chi connectivity index (χ2v) is 4.92. The van der Waals surface area contributed by atoms with Crippen molar-refractivity contribution in [1.82, 2.24) is 4.90 Å². The first kappa shape index (κ1) is 10.9. The van der Waals surface area contributed by atoms with Crippen LogP contribution in [-0.4, -0.2) is 42.2 Å². The molecular weight excluding hydrogens is 192 g/mol. The summed E-state index contributed by atoms with van der Waals surface area (Å²) in [7, 11) is 0. The average Bonchev–Trinajstić information content (AvgIpc) is 2.73. The third kappa shape index (κ3) is 1.76. The number of rotatable bonds is 3. The van der Waals surface area contributed by atoms with E-state index in [4.69, 9.17) is 5.73 Å². The number of carbonyl (C=O) groups is 1. The van der Waals surface area contributed by atoms with E-state index in [9.17, 15) is 9.90 Å². The molecule has 0 aromatic heterocycles. The number of fused-ring (bicyclic) bond motifs is 1. The van der Waals surface area contributed by atoms with E-state index in [1.54, 1.807) is 0 Å². The van der Waals surface area contributed by atoms with E-state index in [1.165, 1.54) is 6.42 Å². The molecule has 1 aliphatic heterocycles. The van der Waals surface area contributed by atoms with Gasteiger partial charge in [-0.3, -0.25) is 4.79 Å². The van der Waals surface area contributed by atoms with Crippen molar-refractivity contribution in [3.05, 3.63) is 0 Å². The van der Waals surface area contributed by atoms with Crippen LogP contribution in [0, 0.1) is 11.3 Å². The third-order valence-electron chi connectivity index (χ3n) is 4.07. The predicted octanol–water partition coefficient (Wildman–Crippen LogP) is -0.0438. The monoisotopic (exact) mass is 212 g/mol. The topological polar surface area (TPSA) is 66.6 Å². The molecule has 0 aromatic rings. The Labute approximate surface area is 90.4 Å². The first-order chi connectivity index (χ1) is 7.22.